The minimum Gasteiger partial charge on any atom is -0.396 e. The predicted molar refractivity (Wildman–Crippen MR) is 66.3 cm³/mol. The first kappa shape index (κ1) is 12.3. The van der Waals surface area contributed by atoms with E-state index < -0.39 is 0 Å². The summed E-state index contributed by atoms with van der Waals surface area (Å²) in [4.78, 5) is 4.31. The number of nitrogens with zero attached hydrogens (tertiary/aromatic N) is 1. The van der Waals surface area contributed by atoms with Crippen LogP contribution in [0.15, 0.2) is 18.3 Å². The van der Waals surface area contributed by atoms with Gasteiger partial charge in [0, 0.05) is 29.8 Å². The van der Waals surface area contributed by atoms with Gasteiger partial charge in [-0.3, -0.25) is 0 Å². The highest BCUT2D eigenvalue weighted by Gasteiger charge is 2.01. The van der Waals surface area contributed by atoms with Crippen molar-refractivity contribution in [3.05, 3.63) is 23.9 Å². The Kier molecular flexibility index (Phi) is 6.20. The molecule has 0 aromatic carbocycles. The third-order valence-corrected chi connectivity index (χ3v) is 2.91. The molecule has 1 heterocycles. The first-order valence-corrected chi connectivity index (χ1v) is 6.40. The van der Waals surface area contributed by atoms with E-state index in [1.807, 2.05) is 6.07 Å². The Morgan fingerprint density at radius 1 is 1.53 bits per heavy atom. The largest absolute Gasteiger partial charge is 0.396 e. The SMILES string of the molecule is CCCNc1ncccc1CSCCO. The molecule has 3 nitrogen and oxygen atoms in total. The number of aliphatic hydroxyl groups excluding tert-OH is 1. The van der Waals surface area contributed by atoms with Gasteiger partial charge in [0.25, 0.3) is 0 Å². The van der Waals surface area contributed by atoms with Gasteiger partial charge in [-0.2, -0.15) is 11.8 Å². The molecule has 84 valence electrons. The number of nitrogens with one attached hydrogen (secondary N) is 1. The standard InChI is InChI=1S/C11H18N2OS/c1-2-5-12-11-10(4-3-6-13-11)9-15-8-7-14/h3-4,6,14H,2,5,7-9H2,1H3,(H,12,13). The van der Waals surface area contributed by atoms with Gasteiger partial charge in [0.1, 0.15) is 5.82 Å². The average molecular weight is 226 g/mol. The van der Waals surface area contributed by atoms with Crippen molar-refractivity contribution in [2.45, 2.75) is 19.1 Å². The van der Waals surface area contributed by atoms with Gasteiger partial charge in [0.2, 0.25) is 0 Å². The van der Waals surface area contributed by atoms with Crippen molar-refractivity contribution < 1.29 is 5.11 Å². The van der Waals surface area contributed by atoms with Gasteiger partial charge in [-0.1, -0.05) is 13.0 Å². The van der Waals surface area contributed by atoms with Crippen molar-refractivity contribution >= 4 is 17.6 Å². The number of pyridine rings is 1. The van der Waals surface area contributed by atoms with Crippen LogP contribution in [0.4, 0.5) is 5.82 Å². The fourth-order valence-corrected chi connectivity index (χ4v) is 1.93. The van der Waals surface area contributed by atoms with E-state index in [0.717, 1.165) is 30.3 Å². The lowest BCUT2D eigenvalue weighted by molar-refractivity contribution is 0.322. The molecule has 0 bridgehead atoms. The Morgan fingerprint density at radius 3 is 3.13 bits per heavy atom. The first-order valence-electron chi connectivity index (χ1n) is 5.24. The molecule has 0 atom stereocenters. The van der Waals surface area contributed by atoms with Gasteiger partial charge in [0.05, 0.1) is 6.61 Å². The van der Waals surface area contributed by atoms with E-state index in [1.54, 1.807) is 18.0 Å². The molecule has 1 aromatic heterocycles. The molecule has 1 rings (SSSR count). The van der Waals surface area contributed by atoms with Gasteiger partial charge >= 0.3 is 0 Å². The fraction of sp³-hybridized carbons (Fsp3) is 0.545. The number of thioether (sulfide) groups is 1. The van der Waals surface area contributed by atoms with Crippen LogP contribution in [0.5, 0.6) is 0 Å². The van der Waals surface area contributed by atoms with Crippen molar-refractivity contribution in [1.82, 2.24) is 4.98 Å². The summed E-state index contributed by atoms with van der Waals surface area (Å²) in [7, 11) is 0. The predicted octanol–water partition coefficient (Wildman–Crippen LogP) is 2.13. The lowest BCUT2D eigenvalue weighted by atomic mass is 10.3. The molecule has 0 fully saturated rings. The van der Waals surface area contributed by atoms with Crippen LogP contribution in [-0.2, 0) is 5.75 Å². The third kappa shape index (κ3) is 4.53. The van der Waals surface area contributed by atoms with E-state index in [9.17, 15) is 0 Å². The van der Waals surface area contributed by atoms with Gasteiger partial charge < -0.3 is 10.4 Å². The molecule has 0 aliphatic heterocycles. The second kappa shape index (κ2) is 7.54. The lowest BCUT2D eigenvalue weighted by Gasteiger charge is -2.09. The zero-order chi connectivity index (χ0) is 10.9. The Hall–Kier alpha value is -0.740. The first-order chi connectivity index (χ1) is 7.38. The highest BCUT2D eigenvalue weighted by Crippen LogP contribution is 2.18. The van der Waals surface area contributed by atoms with E-state index in [0.29, 0.717) is 0 Å². The van der Waals surface area contributed by atoms with Crippen LogP contribution in [0.1, 0.15) is 18.9 Å². The monoisotopic (exact) mass is 226 g/mol. The summed E-state index contributed by atoms with van der Waals surface area (Å²) in [6.07, 6.45) is 2.90. The lowest BCUT2D eigenvalue weighted by Crippen LogP contribution is -2.04. The molecule has 0 amide bonds. The van der Waals surface area contributed by atoms with Crippen molar-refractivity contribution in [3.63, 3.8) is 0 Å². The van der Waals surface area contributed by atoms with Gasteiger partial charge in [-0.15, -0.1) is 0 Å². The highest BCUT2D eigenvalue weighted by atomic mass is 32.2. The summed E-state index contributed by atoms with van der Waals surface area (Å²) in [5, 5.41) is 12.0. The molecule has 1 aromatic rings. The number of aromatic nitrogens is 1. The Bertz CT molecular complexity index is 281. The Morgan fingerprint density at radius 2 is 2.40 bits per heavy atom. The minimum absolute atomic E-state index is 0.239. The quantitative estimate of drug-likeness (QED) is 0.699. The second-order valence-corrected chi connectivity index (χ2v) is 4.32. The molecule has 0 saturated carbocycles. The number of anilines is 1. The topological polar surface area (TPSA) is 45.2 Å². The van der Waals surface area contributed by atoms with Crippen molar-refractivity contribution in [3.8, 4) is 0 Å². The minimum atomic E-state index is 0.239. The van der Waals surface area contributed by atoms with Gasteiger partial charge in [-0.05, 0) is 12.5 Å². The molecule has 0 unspecified atom stereocenters. The highest BCUT2D eigenvalue weighted by molar-refractivity contribution is 7.98. The van der Waals surface area contributed by atoms with Crippen molar-refractivity contribution in [1.29, 1.82) is 0 Å². The number of hydrogen-bond donors (Lipinski definition) is 2. The van der Waals surface area contributed by atoms with Crippen LogP contribution in [-0.4, -0.2) is 29.0 Å². The fourth-order valence-electron chi connectivity index (χ4n) is 1.20. The third-order valence-electron chi connectivity index (χ3n) is 1.93. The molecule has 0 aliphatic carbocycles. The maximum absolute atomic E-state index is 8.70. The van der Waals surface area contributed by atoms with Crippen LogP contribution in [0.2, 0.25) is 0 Å². The van der Waals surface area contributed by atoms with E-state index in [1.165, 1.54) is 5.56 Å². The number of hydrogen-bond acceptors (Lipinski definition) is 4. The molecular weight excluding hydrogens is 208 g/mol. The molecule has 0 aliphatic rings. The van der Waals surface area contributed by atoms with Gasteiger partial charge in [-0.25, -0.2) is 4.98 Å². The van der Waals surface area contributed by atoms with Crippen LogP contribution in [0, 0.1) is 0 Å². The number of rotatable bonds is 7. The van der Waals surface area contributed by atoms with E-state index in [4.69, 9.17) is 5.11 Å². The summed E-state index contributed by atoms with van der Waals surface area (Å²) < 4.78 is 0. The smallest absolute Gasteiger partial charge is 0.129 e. The average Bonchev–Trinajstić information content (AvgIpc) is 2.28. The summed E-state index contributed by atoms with van der Waals surface area (Å²) in [5.41, 5.74) is 1.21. The summed E-state index contributed by atoms with van der Waals surface area (Å²) in [5.74, 6) is 2.66. The van der Waals surface area contributed by atoms with Crippen LogP contribution >= 0.6 is 11.8 Å². The number of aliphatic hydroxyl groups is 1. The molecule has 0 radical (unpaired) electrons. The summed E-state index contributed by atoms with van der Waals surface area (Å²) in [6.45, 7) is 3.33. The van der Waals surface area contributed by atoms with Gasteiger partial charge in [0.15, 0.2) is 0 Å². The van der Waals surface area contributed by atoms with E-state index >= 15 is 0 Å². The van der Waals surface area contributed by atoms with Crippen LogP contribution in [0.3, 0.4) is 0 Å². The molecule has 2 N–H and O–H groups in total. The van der Waals surface area contributed by atoms with E-state index in [2.05, 4.69) is 23.3 Å². The molecular formula is C11H18N2OS. The summed E-state index contributed by atoms with van der Waals surface area (Å²) >= 11 is 1.72. The van der Waals surface area contributed by atoms with Crippen LogP contribution < -0.4 is 5.32 Å². The second-order valence-electron chi connectivity index (χ2n) is 3.21. The molecule has 15 heavy (non-hydrogen) atoms. The van der Waals surface area contributed by atoms with E-state index in [-0.39, 0.29) is 6.61 Å². The van der Waals surface area contributed by atoms with Crippen LogP contribution in [0.25, 0.3) is 0 Å². The zero-order valence-electron chi connectivity index (χ0n) is 9.07. The van der Waals surface area contributed by atoms with Crippen molar-refractivity contribution in [2.24, 2.45) is 0 Å². The maximum Gasteiger partial charge on any atom is 0.129 e. The van der Waals surface area contributed by atoms with Crippen molar-refractivity contribution in [2.75, 3.05) is 24.2 Å². The normalized spacial score (nSPS) is 10.3. The molecule has 0 spiro atoms. The molecule has 0 saturated heterocycles. The Labute approximate surface area is 95.3 Å². The maximum atomic E-state index is 8.70. The summed E-state index contributed by atoms with van der Waals surface area (Å²) in [6, 6.07) is 4.03. The molecule has 4 heteroatoms. The Balaban J connectivity index is 2.52. The zero-order valence-corrected chi connectivity index (χ0v) is 9.89.